The smallest absolute Gasteiger partial charge is 0.119 e. The van der Waals surface area contributed by atoms with Gasteiger partial charge in [-0.2, -0.15) is 0 Å². The molecule has 4 heteroatoms. The molecule has 0 aromatic heterocycles. The number of hydrogen-bond acceptors (Lipinski definition) is 4. The number of hydrogen-bond donors (Lipinski definition) is 2. The maximum atomic E-state index is 9.20. The molecule has 0 aliphatic rings. The van der Waals surface area contributed by atoms with Crippen molar-refractivity contribution < 1.29 is 19.7 Å². The molecule has 0 aliphatic carbocycles. The van der Waals surface area contributed by atoms with Gasteiger partial charge in [0.1, 0.15) is 23.0 Å². The highest BCUT2D eigenvalue weighted by molar-refractivity contribution is 5.30. The zero-order valence-electron chi connectivity index (χ0n) is 16.0. The molecule has 28 heavy (non-hydrogen) atoms. The fraction of sp³-hybridized carbons (Fsp3) is 0.333. The van der Waals surface area contributed by atoms with Crippen LogP contribution in [0.25, 0.3) is 0 Å². The Labute approximate surface area is 167 Å². The van der Waals surface area contributed by atoms with Crippen LogP contribution in [-0.2, 0) is 0 Å². The van der Waals surface area contributed by atoms with Crippen LogP contribution in [0, 0.1) is 23.7 Å². The highest BCUT2D eigenvalue weighted by Crippen LogP contribution is 2.17. The van der Waals surface area contributed by atoms with Crippen molar-refractivity contribution in [2.45, 2.75) is 38.5 Å². The van der Waals surface area contributed by atoms with Crippen molar-refractivity contribution in [3.05, 3.63) is 48.5 Å². The van der Waals surface area contributed by atoms with Crippen molar-refractivity contribution in [1.29, 1.82) is 0 Å². The van der Waals surface area contributed by atoms with Gasteiger partial charge in [-0.3, -0.25) is 0 Å². The first kappa shape index (κ1) is 21.1. The highest BCUT2D eigenvalue weighted by Gasteiger charge is 1.94. The Kier molecular flexibility index (Phi) is 9.79. The molecule has 0 saturated heterocycles. The summed E-state index contributed by atoms with van der Waals surface area (Å²) >= 11 is 0. The maximum absolute atomic E-state index is 9.20. The number of benzene rings is 2. The monoisotopic (exact) mass is 378 g/mol. The molecule has 2 aromatic rings. The van der Waals surface area contributed by atoms with Gasteiger partial charge in [0.15, 0.2) is 0 Å². The average Bonchev–Trinajstić information content (AvgIpc) is 2.71. The first-order valence-corrected chi connectivity index (χ1v) is 9.53. The largest absolute Gasteiger partial charge is 0.508 e. The molecule has 146 valence electrons. The predicted octanol–water partition coefficient (Wildman–Crippen LogP) is 4.90. The van der Waals surface area contributed by atoms with Gasteiger partial charge in [-0.05, 0) is 86.1 Å². The van der Waals surface area contributed by atoms with Crippen LogP contribution in [-0.4, -0.2) is 23.4 Å². The number of aromatic hydroxyl groups is 2. The molecule has 0 atom stereocenters. The van der Waals surface area contributed by atoms with Crippen LogP contribution in [0.2, 0.25) is 0 Å². The molecule has 0 saturated carbocycles. The number of phenolic OH excluding ortho intramolecular Hbond substituents is 2. The van der Waals surface area contributed by atoms with E-state index in [2.05, 4.69) is 23.7 Å². The van der Waals surface area contributed by atoms with Crippen LogP contribution in [0.15, 0.2) is 48.5 Å². The number of ether oxygens (including phenoxy) is 2. The number of rotatable bonds is 10. The van der Waals surface area contributed by atoms with E-state index in [9.17, 15) is 10.2 Å². The average molecular weight is 378 g/mol. The molecule has 0 unspecified atom stereocenters. The third-order valence-corrected chi connectivity index (χ3v) is 3.84. The van der Waals surface area contributed by atoms with Gasteiger partial charge in [-0.15, -0.1) is 0 Å². The lowest BCUT2D eigenvalue weighted by Crippen LogP contribution is -1.96. The molecule has 0 aliphatic heterocycles. The van der Waals surface area contributed by atoms with Gasteiger partial charge in [0.25, 0.3) is 0 Å². The van der Waals surface area contributed by atoms with Gasteiger partial charge in [0.05, 0.1) is 13.2 Å². The molecular weight excluding hydrogens is 352 g/mol. The second-order valence-electron chi connectivity index (χ2n) is 6.20. The van der Waals surface area contributed by atoms with Gasteiger partial charge < -0.3 is 19.7 Å². The Hall–Kier alpha value is -3.24. The number of unbranched alkanes of at least 4 members (excludes halogenated alkanes) is 4. The molecule has 0 heterocycles. The number of phenols is 2. The first-order chi connectivity index (χ1) is 13.7. The lowest BCUT2D eigenvalue weighted by molar-refractivity contribution is 0.307. The predicted molar refractivity (Wildman–Crippen MR) is 110 cm³/mol. The summed E-state index contributed by atoms with van der Waals surface area (Å²) in [7, 11) is 0. The summed E-state index contributed by atoms with van der Waals surface area (Å²) in [6, 6.07) is 13.5. The normalized spacial score (nSPS) is 9.57. The summed E-state index contributed by atoms with van der Waals surface area (Å²) in [5.74, 6) is 13.9. The summed E-state index contributed by atoms with van der Waals surface area (Å²) in [5, 5.41) is 18.4. The van der Waals surface area contributed by atoms with Crippen LogP contribution in [0.4, 0.5) is 0 Å². The first-order valence-electron chi connectivity index (χ1n) is 9.53. The zero-order valence-corrected chi connectivity index (χ0v) is 16.0. The quantitative estimate of drug-likeness (QED) is 0.456. The summed E-state index contributed by atoms with van der Waals surface area (Å²) in [6.07, 6.45) is 5.44. The van der Waals surface area contributed by atoms with E-state index in [1.165, 1.54) is 0 Å². The van der Waals surface area contributed by atoms with Crippen LogP contribution in [0.5, 0.6) is 23.0 Å². The summed E-state index contributed by atoms with van der Waals surface area (Å²) in [5.41, 5.74) is 0. The lowest BCUT2D eigenvalue weighted by Gasteiger charge is -2.04. The van der Waals surface area contributed by atoms with E-state index in [4.69, 9.17) is 9.47 Å². The fourth-order valence-corrected chi connectivity index (χ4v) is 2.31. The minimum Gasteiger partial charge on any atom is -0.508 e. The van der Waals surface area contributed by atoms with E-state index in [0.717, 1.165) is 50.0 Å². The van der Waals surface area contributed by atoms with E-state index >= 15 is 0 Å². The Bertz CT molecular complexity index is 731. The molecule has 0 bridgehead atoms. The second-order valence-corrected chi connectivity index (χ2v) is 6.20. The van der Waals surface area contributed by atoms with Gasteiger partial charge in [0, 0.05) is 12.8 Å². The lowest BCUT2D eigenvalue weighted by atomic mass is 10.2. The molecule has 0 spiro atoms. The molecule has 2 N–H and O–H groups in total. The molecular formula is C24H26O4. The van der Waals surface area contributed by atoms with Gasteiger partial charge in [-0.1, -0.05) is 11.8 Å². The van der Waals surface area contributed by atoms with Crippen molar-refractivity contribution in [3.63, 3.8) is 0 Å². The van der Waals surface area contributed by atoms with Gasteiger partial charge in [-0.25, -0.2) is 0 Å². The summed E-state index contributed by atoms with van der Waals surface area (Å²) in [6.45, 7) is 1.29. The maximum Gasteiger partial charge on any atom is 0.119 e. The fourth-order valence-electron chi connectivity index (χ4n) is 2.31. The van der Waals surface area contributed by atoms with Gasteiger partial charge in [0.2, 0.25) is 0 Å². The third kappa shape index (κ3) is 9.46. The SMILES string of the molecule is Oc1ccc(OCCCCC#CC#CCCCCOc2ccc(O)cc2)cc1. The zero-order chi connectivity index (χ0) is 19.9. The third-order valence-electron chi connectivity index (χ3n) is 3.84. The Morgan fingerprint density at radius 2 is 0.964 bits per heavy atom. The molecule has 2 aromatic carbocycles. The van der Waals surface area contributed by atoms with Crippen molar-refractivity contribution in [3.8, 4) is 46.7 Å². The Morgan fingerprint density at radius 3 is 1.36 bits per heavy atom. The van der Waals surface area contributed by atoms with Crippen molar-refractivity contribution >= 4 is 0 Å². The van der Waals surface area contributed by atoms with E-state index < -0.39 is 0 Å². The topological polar surface area (TPSA) is 58.9 Å². The molecule has 0 radical (unpaired) electrons. The minimum atomic E-state index is 0.242. The summed E-state index contributed by atoms with van der Waals surface area (Å²) in [4.78, 5) is 0. The second kappa shape index (κ2) is 13.0. The molecule has 0 amide bonds. The van der Waals surface area contributed by atoms with E-state index in [-0.39, 0.29) is 11.5 Å². The summed E-state index contributed by atoms with van der Waals surface area (Å²) < 4.78 is 11.2. The van der Waals surface area contributed by atoms with Crippen LogP contribution < -0.4 is 9.47 Å². The highest BCUT2D eigenvalue weighted by atomic mass is 16.5. The van der Waals surface area contributed by atoms with E-state index in [1.807, 2.05) is 0 Å². The van der Waals surface area contributed by atoms with E-state index in [0.29, 0.717) is 13.2 Å². The van der Waals surface area contributed by atoms with Crippen molar-refractivity contribution in [2.75, 3.05) is 13.2 Å². The van der Waals surface area contributed by atoms with Crippen LogP contribution in [0.1, 0.15) is 38.5 Å². The molecule has 0 fully saturated rings. The molecule has 2 rings (SSSR count). The van der Waals surface area contributed by atoms with Crippen LogP contribution >= 0.6 is 0 Å². The minimum absolute atomic E-state index is 0.242. The van der Waals surface area contributed by atoms with E-state index in [1.54, 1.807) is 48.5 Å². The van der Waals surface area contributed by atoms with Crippen LogP contribution in [0.3, 0.4) is 0 Å². The standard InChI is InChI=1S/C24H26O4/c25-21-11-15-23(16-12-21)27-19-9-7-5-3-1-2-4-6-8-10-20-28-24-17-13-22(26)14-18-24/h11-18,25-26H,5-10,19-20H2. The Morgan fingerprint density at radius 1 is 0.571 bits per heavy atom. The Balaban J connectivity index is 1.43. The van der Waals surface area contributed by atoms with Crippen molar-refractivity contribution in [2.24, 2.45) is 0 Å². The molecule has 4 nitrogen and oxygen atoms in total. The van der Waals surface area contributed by atoms with Crippen molar-refractivity contribution in [1.82, 2.24) is 0 Å². The van der Waals surface area contributed by atoms with Gasteiger partial charge >= 0.3 is 0 Å².